The average Bonchev–Trinajstić information content (AvgIpc) is 3.30. The van der Waals surface area contributed by atoms with Crippen molar-refractivity contribution in [2.75, 3.05) is 11.9 Å². The number of hydrogen-bond donors (Lipinski definition) is 1. The number of benzene rings is 3. The van der Waals surface area contributed by atoms with Crippen LogP contribution in [0.3, 0.4) is 0 Å². The number of carbonyl (C=O) groups excluding carboxylic acids is 1. The fourth-order valence-corrected chi connectivity index (χ4v) is 2.98. The summed E-state index contributed by atoms with van der Waals surface area (Å²) in [6.45, 7) is 3.18. The fourth-order valence-electron chi connectivity index (χ4n) is 2.98. The Bertz CT molecular complexity index is 1110. The van der Waals surface area contributed by atoms with Crippen molar-refractivity contribution in [2.24, 2.45) is 0 Å². The monoisotopic (exact) mass is 414 g/mol. The first-order valence-corrected chi connectivity index (χ1v) is 9.93. The lowest BCUT2D eigenvalue weighted by atomic mass is 10.1. The van der Waals surface area contributed by atoms with Crippen molar-refractivity contribution in [3.05, 3.63) is 96.6 Å². The first-order valence-electron chi connectivity index (χ1n) is 9.93. The van der Waals surface area contributed by atoms with Gasteiger partial charge < -0.3 is 14.8 Å². The number of carbonyl (C=O) groups is 1. The van der Waals surface area contributed by atoms with Crippen molar-refractivity contribution in [1.82, 2.24) is 14.8 Å². The number of anilines is 1. The van der Waals surface area contributed by atoms with Crippen LogP contribution in [0.4, 0.5) is 5.69 Å². The molecule has 0 aliphatic carbocycles. The van der Waals surface area contributed by atoms with Crippen LogP contribution in [0, 0.1) is 0 Å². The molecule has 0 saturated carbocycles. The first-order chi connectivity index (χ1) is 15.2. The molecule has 0 spiro atoms. The van der Waals surface area contributed by atoms with Crippen LogP contribution in [0.15, 0.2) is 85.5 Å². The summed E-state index contributed by atoms with van der Waals surface area (Å²) in [6, 6.07) is 22.1. The number of hydrogen-bond acceptors (Lipinski definition) is 5. The predicted octanol–water partition coefficient (Wildman–Crippen LogP) is 4.77. The maximum atomic E-state index is 12.5. The minimum atomic E-state index is -0.174. The number of nitrogens with zero attached hydrogens (tertiary/aromatic N) is 3. The van der Waals surface area contributed by atoms with Crippen molar-refractivity contribution < 1.29 is 14.3 Å². The van der Waals surface area contributed by atoms with Crippen molar-refractivity contribution in [1.29, 1.82) is 0 Å². The number of aromatic nitrogens is 3. The van der Waals surface area contributed by atoms with E-state index in [1.807, 2.05) is 55.5 Å². The van der Waals surface area contributed by atoms with Crippen LogP contribution in [0.1, 0.15) is 22.8 Å². The van der Waals surface area contributed by atoms with Gasteiger partial charge in [-0.1, -0.05) is 12.1 Å². The van der Waals surface area contributed by atoms with Gasteiger partial charge in [0.2, 0.25) is 0 Å². The highest BCUT2D eigenvalue weighted by Crippen LogP contribution is 2.25. The molecule has 0 saturated heterocycles. The number of ether oxygens (including phenoxy) is 2. The van der Waals surface area contributed by atoms with Gasteiger partial charge in [0.05, 0.1) is 13.2 Å². The molecular formula is C24H22N4O3. The van der Waals surface area contributed by atoms with E-state index >= 15 is 0 Å². The van der Waals surface area contributed by atoms with Gasteiger partial charge in [-0.2, -0.15) is 5.10 Å². The lowest BCUT2D eigenvalue weighted by molar-refractivity contribution is 0.102. The second-order valence-electron chi connectivity index (χ2n) is 6.77. The fraction of sp³-hybridized carbons (Fsp3) is 0.125. The molecule has 0 aliphatic heterocycles. The van der Waals surface area contributed by atoms with Gasteiger partial charge in [0.25, 0.3) is 5.91 Å². The Morgan fingerprint density at radius 2 is 1.55 bits per heavy atom. The van der Waals surface area contributed by atoms with Gasteiger partial charge in [0.15, 0.2) is 0 Å². The summed E-state index contributed by atoms with van der Waals surface area (Å²) >= 11 is 0. The summed E-state index contributed by atoms with van der Waals surface area (Å²) in [5.41, 5.74) is 2.31. The summed E-state index contributed by atoms with van der Waals surface area (Å²) in [5, 5.41) is 6.98. The molecule has 0 atom stereocenters. The van der Waals surface area contributed by atoms with E-state index in [-0.39, 0.29) is 5.91 Å². The normalized spacial score (nSPS) is 10.5. The second-order valence-corrected chi connectivity index (χ2v) is 6.77. The van der Waals surface area contributed by atoms with Crippen molar-refractivity contribution in [2.45, 2.75) is 13.5 Å². The molecule has 1 N–H and O–H groups in total. The van der Waals surface area contributed by atoms with Crippen molar-refractivity contribution in [3.8, 4) is 17.2 Å². The van der Waals surface area contributed by atoms with E-state index in [4.69, 9.17) is 9.47 Å². The Labute approximate surface area is 180 Å². The van der Waals surface area contributed by atoms with E-state index in [1.165, 1.54) is 6.33 Å². The van der Waals surface area contributed by atoms with Crippen LogP contribution < -0.4 is 14.8 Å². The summed E-state index contributed by atoms with van der Waals surface area (Å²) in [5.74, 6) is 2.03. The molecule has 1 aromatic heterocycles. The largest absolute Gasteiger partial charge is 0.494 e. The summed E-state index contributed by atoms with van der Waals surface area (Å²) in [7, 11) is 0. The van der Waals surface area contributed by atoms with Gasteiger partial charge in [-0.15, -0.1) is 0 Å². The van der Waals surface area contributed by atoms with Crippen LogP contribution in [0.25, 0.3) is 0 Å². The third-order valence-electron chi connectivity index (χ3n) is 4.51. The molecule has 3 aromatic carbocycles. The summed E-state index contributed by atoms with van der Waals surface area (Å²) in [6.07, 6.45) is 3.15. The Kier molecular flexibility index (Phi) is 6.23. The van der Waals surface area contributed by atoms with E-state index in [1.54, 1.807) is 35.3 Å². The molecule has 7 nitrogen and oxygen atoms in total. The van der Waals surface area contributed by atoms with Gasteiger partial charge in [-0.05, 0) is 73.2 Å². The Morgan fingerprint density at radius 3 is 2.16 bits per heavy atom. The third-order valence-corrected chi connectivity index (χ3v) is 4.51. The zero-order valence-corrected chi connectivity index (χ0v) is 17.1. The predicted molar refractivity (Wildman–Crippen MR) is 118 cm³/mol. The van der Waals surface area contributed by atoms with Gasteiger partial charge in [0.1, 0.15) is 29.9 Å². The maximum absolute atomic E-state index is 12.5. The van der Waals surface area contributed by atoms with Gasteiger partial charge in [-0.3, -0.25) is 4.79 Å². The van der Waals surface area contributed by atoms with E-state index in [0.29, 0.717) is 35.9 Å². The van der Waals surface area contributed by atoms with Crippen LogP contribution >= 0.6 is 0 Å². The van der Waals surface area contributed by atoms with Gasteiger partial charge in [0, 0.05) is 11.3 Å². The van der Waals surface area contributed by atoms with Gasteiger partial charge >= 0.3 is 0 Å². The molecule has 1 amide bonds. The Hall–Kier alpha value is -4.13. The smallest absolute Gasteiger partial charge is 0.255 e. The Balaban J connectivity index is 1.33. The highest BCUT2D eigenvalue weighted by Gasteiger charge is 2.07. The topological polar surface area (TPSA) is 78.3 Å². The zero-order chi connectivity index (χ0) is 21.5. The molecule has 31 heavy (non-hydrogen) atoms. The van der Waals surface area contributed by atoms with E-state index < -0.39 is 0 Å². The lowest BCUT2D eigenvalue weighted by Crippen LogP contribution is -2.12. The molecule has 0 aliphatic rings. The zero-order valence-electron chi connectivity index (χ0n) is 17.1. The average molecular weight is 414 g/mol. The van der Waals surface area contributed by atoms with Crippen LogP contribution in [-0.4, -0.2) is 27.3 Å². The second kappa shape index (κ2) is 9.58. The maximum Gasteiger partial charge on any atom is 0.255 e. The molecule has 0 radical (unpaired) electrons. The highest BCUT2D eigenvalue weighted by molar-refractivity contribution is 6.04. The van der Waals surface area contributed by atoms with Crippen molar-refractivity contribution >= 4 is 11.6 Å². The van der Waals surface area contributed by atoms with Crippen molar-refractivity contribution in [3.63, 3.8) is 0 Å². The van der Waals surface area contributed by atoms with E-state index in [9.17, 15) is 4.79 Å². The van der Waals surface area contributed by atoms with Crippen LogP contribution in [0.2, 0.25) is 0 Å². The van der Waals surface area contributed by atoms with E-state index in [0.717, 1.165) is 11.3 Å². The molecule has 1 heterocycles. The molecular weight excluding hydrogens is 392 g/mol. The molecule has 0 fully saturated rings. The third kappa shape index (κ3) is 5.48. The number of rotatable bonds is 8. The van der Waals surface area contributed by atoms with Crippen LogP contribution in [0.5, 0.6) is 17.2 Å². The number of amides is 1. The highest BCUT2D eigenvalue weighted by atomic mass is 16.5. The minimum absolute atomic E-state index is 0.174. The minimum Gasteiger partial charge on any atom is -0.494 e. The number of nitrogens with one attached hydrogen (secondary N) is 1. The van der Waals surface area contributed by atoms with E-state index in [2.05, 4.69) is 15.4 Å². The molecule has 0 bridgehead atoms. The lowest BCUT2D eigenvalue weighted by Gasteiger charge is -2.09. The van der Waals surface area contributed by atoms with Crippen LogP contribution in [-0.2, 0) is 6.54 Å². The molecule has 7 heteroatoms. The quantitative estimate of drug-likeness (QED) is 0.449. The summed E-state index contributed by atoms with van der Waals surface area (Å²) < 4.78 is 13.0. The van der Waals surface area contributed by atoms with Gasteiger partial charge in [-0.25, -0.2) is 9.67 Å². The first kappa shape index (κ1) is 20.2. The summed E-state index contributed by atoms with van der Waals surface area (Å²) in [4.78, 5) is 16.4. The standard InChI is InChI=1S/C24H22N4O3/c1-2-30-21-11-13-23(14-12-21)31-22-9-7-20(8-10-22)27-24(29)19-5-3-18(4-6-19)15-28-17-25-16-26-28/h3-14,16-17H,2,15H2,1H3,(H,27,29). The molecule has 4 aromatic rings. The molecule has 4 rings (SSSR count). The SMILES string of the molecule is CCOc1ccc(Oc2ccc(NC(=O)c3ccc(Cn4cncn4)cc3)cc2)cc1. The molecule has 0 unspecified atom stereocenters. The molecule has 156 valence electrons. The Morgan fingerprint density at radius 1 is 0.903 bits per heavy atom.